The van der Waals surface area contributed by atoms with Crippen LogP contribution < -0.4 is 10.1 Å². The molecule has 1 aliphatic carbocycles. The van der Waals surface area contributed by atoms with Gasteiger partial charge in [-0.1, -0.05) is 44.2 Å². The van der Waals surface area contributed by atoms with Crippen LogP contribution in [0.15, 0.2) is 54.6 Å². The van der Waals surface area contributed by atoms with E-state index in [1.165, 1.54) is 5.56 Å². The third kappa shape index (κ3) is 2.99. The molecule has 1 heterocycles. The van der Waals surface area contributed by atoms with Crippen LogP contribution in [0.1, 0.15) is 43.4 Å². The molecule has 0 bridgehead atoms. The van der Waals surface area contributed by atoms with Crippen LogP contribution in [0.5, 0.6) is 11.5 Å². The Labute approximate surface area is 149 Å². The second-order valence-corrected chi connectivity index (χ2v) is 7.49. The van der Waals surface area contributed by atoms with Gasteiger partial charge in [-0.2, -0.15) is 0 Å². The molecule has 130 valence electrons. The lowest BCUT2D eigenvalue weighted by atomic mass is 9.77. The fourth-order valence-electron chi connectivity index (χ4n) is 3.98. The third-order valence-electron chi connectivity index (χ3n) is 5.19. The number of phenols is 1. The first-order chi connectivity index (χ1) is 12.1. The molecule has 0 fully saturated rings. The zero-order valence-corrected chi connectivity index (χ0v) is 14.8. The van der Waals surface area contributed by atoms with Crippen molar-refractivity contribution in [3.05, 3.63) is 65.7 Å². The third-order valence-corrected chi connectivity index (χ3v) is 5.19. The predicted octanol–water partition coefficient (Wildman–Crippen LogP) is 5.25. The van der Waals surface area contributed by atoms with Crippen molar-refractivity contribution in [1.29, 1.82) is 0 Å². The smallest absolute Gasteiger partial charge is 0.120 e. The van der Waals surface area contributed by atoms with E-state index in [4.69, 9.17) is 4.74 Å². The van der Waals surface area contributed by atoms with E-state index in [9.17, 15) is 5.11 Å². The van der Waals surface area contributed by atoms with Crippen molar-refractivity contribution in [2.45, 2.75) is 32.2 Å². The van der Waals surface area contributed by atoms with Gasteiger partial charge in [-0.05, 0) is 48.1 Å². The molecule has 2 aliphatic rings. The van der Waals surface area contributed by atoms with Gasteiger partial charge in [-0.15, -0.1) is 0 Å². The van der Waals surface area contributed by atoms with Crippen molar-refractivity contribution in [1.82, 2.24) is 0 Å². The summed E-state index contributed by atoms with van der Waals surface area (Å²) in [6, 6.07) is 14.1. The van der Waals surface area contributed by atoms with Gasteiger partial charge in [0.1, 0.15) is 11.5 Å². The van der Waals surface area contributed by atoms with Gasteiger partial charge < -0.3 is 15.2 Å². The summed E-state index contributed by atoms with van der Waals surface area (Å²) < 4.78 is 5.92. The molecule has 2 aromatic carbocycles. The van der Waals surface area contributed by atoms with Gasteiger partial charge in [-0.3, -0.25) is 0 Å². The zero-order valence-electron chi connectivity index (χ0n) is 14.8. The Bertz CT molecular complexity index is 796. The summed E-state index contributed by atoms with van der Waals surface area (Å²) in [5, 5.41) is 14.0. The number of phenolic OH excluding ortho intramolecular Hbond substituents is 1. The number of benzene rings is 2. The zero-order chi connectivity index (χ0) is 17.4. The van der Waals surface area contributed by atoms with E-state index in [-0.39, 0.29) is 6.04 Å². The molecule has 0 spiro atoms. The van der Waals surface area contributed by atoms with Crippen LogP contribution in [0.4, 0.5) is 5.69 Å². The Balaban J connectivity index is 1.68. The number of rotatable bonds is 4. The Morgan fingerprint density at radius 3 is 2.80 bits per heavy atom. The lowest BCUT2D eigenvalue weighted by Gasteiger charge is -2.37. The standard InChI is InChI=1S/C22H25NO2/c1-14(2)13-25-15-10-11-20-19(12-15)16-7-5-8-17(16)22(23-20)18-6-3-4-9-21(18)24/h3-7,9-12,14,16-17,22-24H,8,13H2,1-2H3. The number of ether oxygens (including phenoxy) is 1. The number of nitrogens with one attached hydrogen (secondary N) is 1. The van der Waals surface area contributed by atoms with Gasteiger partial charge in [0, 0.05) is 17.2 Å². The van der Waals surface area contributed by atoms with Crippen LogP contribution in [0.3, 0.4) is 0 Å². The summed E-state index contributed by atoms with van der Waals surface area (Å²) in [4.78, 5) is 0. The molecule has 0 radical (unpaired) electrons. The molecule has 1 aliphatic heterocycles. The minimum absolute atomic E-state index is 0.121. The predicted molar refractivity (Wildman–Crippen MR) is 101 cm³/mol. The van der Waals surface area contributed by atoms with Crippen molar-refractivity contribution >= 4 is 5.69 Å². The van der Waals surface area contributed by atoms with Crippen molar-refractivity contribution in [2.24, 2.45) is 11.8 Å². The minimum atomic E-state index is 0.121. The molecular weight excluding hydrogens is 310 g/mol. The molecule has 3 atom stereocenters. The summed E-state index contributed by atoms with van der Waals surface area (Å²) >= 11 is 0. The van der Waals surface area contributed by atoms with E-state index in [2.05, 4.69) is 43.4 Å². The number of allylic oxidation sites excluding steroid dienone is 2. The molecule has 0 saturated heterocycles. The number of hydrogen-bond acceptors (Lipinski definition) is 3. The molecule has 2 N–H and O–H groups in total. The Kier molecular flexibility index (Phi) is 4.16. The Morgan fingerprint density at radius 1 is 1.16 bits per heavy atom. The van der Waals surface area contributed by atoms with Gasteiger partial charge in [0.05, 0.1) is 12.6 Å². The molecule has 0 saturated carbocycles. The largest absolute Gasteiger partial charge is 0.508 e. The maximum atomic E-state index is 10.3. The molecule has 3 nitrogen and oxygen atoms in total. The summed E-state index contributed by atoms with van der Waals surface area (Å²) in [6.45, 7) is 5.05. The first-order valence-electron chi connectivity index (χ1n) is 9.11. The van der Waals surface area contributed by atoms with E-state index < -0.39 is 0 Å². The SMILES string of the molecule is CC(C)COc1ccc2c(c1)C1C=CCC1C(c1ccccc1O)N2. The normalized spacial score (nSPS) is 23.9. The minimum Gasteiger partial charge on any atom is -0.508 e. The van der Waals surface area contributed by atoms with E-state index in [0.717, 1.165) is 30.0 Å². The number of aromatic hydroxyl groups is 1. The van der Waals surface area contributed by atoms with E-state index in [1.54, 1.807) is 6.07 Å². The molecule has 25 heavy (non-hydrogen) atoms. The van der Waals surface area contributed by atoms with Crippen LogP contribution >= 0.6 is 0 Å². The van der Waals surface area contributed by atoms with Crippen LogP contribution in [0, 0.1) is 11.8 Å². The average molecular weight is 335 g/mol. The monoisotopic (exact) mass is 335 g/mol. The number of fused-ring (bicyclic) bond motifs is 3. The fraction of sp³-hybridized carbons (Fsp3) is 0.364. The van der Waals surface area contributed by atoms with Gasteiger partial charge in [0.15, 0.2) is 0 Å². The lowest BCUT2D eigenvalue weighted by molar-refractivity contribution is 0.270. The highest BCUT2D eigenvalue weighted by molar-refractivity contribution is 5.62. The highest BCUT2D eigenvalue weighted by atomic mass is 16.5. The Morgan fingerprint density at radius 2 is 2.00 bits per heavy atom. The van der Waals surface area contributed by atoms with Crippen LogP contribution in [-0.4, -0.2) is 11.7 Å². The molecule has 2 aromatic rings. The van der Waals surface area contributed by atoms with Gasteiger partial charge in [-0.25, -0.2) is 0 Å². The molecule has 0 amide bonds. The molecule has 4 rings (SSSR count). The maximum Gasteiger partial charge on any atom is 0.120 e. The number of para-hydroxylation sites is 1. The number of hydrogen-bond donors (Lipinski definition) is 2. The lowest BCUT2D eigenvalue weighted by Crippen LogP contribution is -2.29. The van der Waals surface area contributed by atoms with E-state index >= 15 is 0 Å². The summed E-state index contributed by atoms with van der Waals surface area (Å²) in [5.74, 6) is 2.60. The van der Waals surface area contributed by atoms with Crippen molar-refractivity contribution in [2.75, 3.05) is 11.9 Å². The maximum absolute atomic E-state index is 10.3. The van der Waals surface area contributed by atoms with Crippen molar-refractivity contribution in [3.63, 3.8) is 0 Å². The number of anilines is 1. The van der Waals surface area contributed by atoms with Crippen LogP contribution in [-0.2, 0) is 0 Å². The van der Waals surface area contributed by atoms with Crippen LogP contribution in [0.2, 0.25) is 0 Å². The highest BCUT2D eigenvalue weighted by Crippen LogP contribution is 2.51. The second kappa shape index (κ2) is 6.47. The molecular formula is C22H25NO2. The quantitative estimate of drug-likeness (QED) is 0.750. The Hall–Kier alpha value is -2.42. The van der Waals surface area contributed by atoms with E-state index in [1.807, 2.05) is 24.3 Å². The summed E-state index contributed by atoms with van der Waals surface area (Å²) in [7, 11) is 0. The fourth-order valence-corrected chi connectivity index (χ4v) is 3.98. The second-order valence-electron chi connectivity index (χ2n) is 7.49. The van der Waals surface area contributed by atoms with Crippen molar-refractivity contribution in [3.8, 4) is 11.5 Å². The van der Waals surface area contributed by atoms with Crippen molar-refractivity contribution < 1.29 is 9.84 Å². The molecule has 3 unspecified atom stereocenters. The van der Waals surface area contributed by atoms with Crippen LogP contribution in [0.25, 0.3) is 0 Å². The van der Waals surface area contributed by atoms with E-state index in [0.29, 0.717) is 23.5 Å². The van der Waals surface area contributed by atoms with Gasteiger partial charge >= 0.3 is 0 Å². The molecule has 3 heteroatoms. The summed E-state index contributed by atoms with van der Waals surface area (Å²) in [6.07, 6.45) is 5.59. The van der Waals surface area contributed by atoms with Gasteiger partial charge in [0.2, 0.25) is 0 Å². The first-order valence-corrected chi connectivity index (χ1v) is 9.11. The topological polar surface area (TPSA) is 41.5 Å². The first kappa shape index (κ1) is 16.1. The average Bonchev–Trinajstić information content (AvgIpc) is 3.10. The summed E-state index contributed by atoms with van der Waals surface area (Å²) in [5.41, 5.74) is 3.41. The molecule has 0 aromatic heterocycles. The highest BCUT2D eigenvalue weighted by Gasteiger charge is 2.38. The van der Waals surface area contributed by atoms with Gasteiger partial charge in [0.25, 0.3) is 0 Å².